The predicted octanol–water partition coefficient (Wildman–Crippen LogP) is 5.06. The van der Waals surface area contributed by atoms with Crippen LogP contribution in [-0.2, 0) is 11.2 Å². The van der Waals surface area contributed by atoms with Crippen LogP contribution < -0.4 is 0 Å². The third kappa shape index (κ3) is 3.53. The van der Waals surface area contributed by atoms with Gasteiger partial charge in [0.1, 0.15) is 0 Å². The summed E-state index contributed by atoms with van der Waals surface area (Å²) in [6.07, 6.45) is 7.94. The van der Waals surface area contributed by atoms with E-state index in [-0.39, 0.29) is 11.9 Å². The lowest BCUT2D eigenvalue weighted by molar-refractivity contribution is -0.131. The van der Waals surface area contributed by atoms with E-state index in [1.165, 1.54) is 33.9 Å². The number of hydrogen-bond acceptors (Lipinski definition) is 4. The SMILES string of the molecule is CCN(C(=O)CN1CCc2sccc2C1c1cccs1)C1=CCCCC1. The smallest absolute Gasteiger partial charge is 0.240 e. The Balaban J connectivity index is 1.56. The van der Waals surface area contributed by atoms with E-state index in [1.807, 2.05) is 16.2 Å². The number of hydrogen-bond donors (Lipinski definition) is 0. The Morgan fingerprint density at radius 1 is 1.23 bits per heavy atom. The average Bonchev–Trinajstić information content (AvgIpc) is 3.35. The van der Waals surface area contributed by atoms with E-state index >= 15 is 0 Å². The summed E-state index contributed by atoms with van der Waals surface area (Å²) in [5, 5.41) is 4.34. The van der Waals surface area contributed by atoms with Crippen LogP contribution in [0.1, 0.15) is 54.0 Å². The molecule has 2 aromatic heterocycles. The molecule has 1 amide bonds. The normalized spacial score (nSPS) is 20.5. The predicted molar refractivity (Wildman–Crippen MR) is 110 cm³/mol. The van der Waals surface area contributed by atoms with Gasteiger partial charge >= 0.3 is 0 Å². The van der Waals surface area contributed by atoms with Gasteiger partial charge in [0.25, 0.3) is 0 Å². The van der Waals surface area contributed by atoms with Crippen LogP contribution in [0, 0.1) is 0 Å². The minimum Gasteiger partial charge on any atom is -0.316 e. The summed E-state index contributed by atoms with van der Waals surface area (Å²) in [4.78, 5) is 20.4. The number of fused-ring (bicyclic) bond motifs is 1. The lowest BCUT2D eigenvalue weighted by atomic mass is 9.98. The molecule has 0 spiro atoms. The second kappa shape index (κ2) is 8.07. The molecule has 26 heavy (non-hydrogen) atoms. The summed E-state index contributed by atoms with van der Waals surface area (Å²) in [5.74, 6) is 0.251. The first kappa shape index (κ1) is 18.0. The standard InChI is InChI=1S/C21H26N2OS2/c1-2-23(16-7-4-3-5-8-16)20(24)15-22-12-10-18-17(11-14-26-18)21(22)19-9-6-13-25-19/h6-7,9,11,13-14,21H,2-5,8,10,12,15H2,1H3. The Bertz CT molecular complexity index is 778. The Labute approximate surface area is 163 Å². The van der Waals surface area contributed by atoms with Crippen LogP contribution in [0.25, 0.3) is 0 Å². The van der Waals surface area contributed by atoms with E-state index in [0.29, 0.717) is 6.54 Å². The van der Waals surface area contributed by atoms with Gasteiger partial charge in [0.05, 0.1) is 12.6 Å². The molecule has 1 atom stereocenters. The van der Waals surface area contributed by atoms with Gasteiger partial charge in [-0.1, -0.05) is 12.1 Å². The molecular formula is C21H26N2OS2. The van der Waals surface area contributed by atoms with Crippen molar-refractivity contribution in [3.8, 4) is 0 Å². The second-order valence-corrected chi connectivity index (χ2v) is 9.00. The number of carbonyl (C=O) groups excluding carboxylic acids is 1. The number of nitrogens with zero attached hydrogens (tertiary/aromatic N) is 2. The van der Waals surface area contributed by atoms with E-state index in [2.05, 4.69) is 46.9 Å². The van der Waals surface area contributed by atoms with Crippen molar-refractivity contribution in [2.45, 2.75) is 45.1 Å². The largest absolute Gasteiger partial charge is 0.316 e. The van der Waals surface area contributed by atoms with Crippen molar-refractivity contribution < 1.29 is 4.79 Å². The zero-order valence-electron chi connectivity index (χ0n) is 15.3. The number of thiophene rings is 2. The van der Waals surface area contributed by atoms with Crippen LogP contribution in [0.4, 0.5) is 0 Å². The molecule has 3 nitrogen and oxygen atoms in total. The molecule has 0 saturated heterocycles. The molecule has 0 aromatic carbocycles. The fourth-order valence-corrected chi connectivity index (χ4v) is 5.96. The number of amides is 1. The maximum atomic E-state index is 13.2. The molecule has 1 aliphatic heterocycles. The monoisotopic (exact) mass is 386 g/mol. The molecule has 2 aromatic rings. The highest BCUT2D eigenvalue weighted by Gasteiger charge is 2.32. The molecule has 0 N–H and O–H groups in total. The van der Waals surface area contributed by atoms with E-state index in [1.54, 1.807) is 11.3 Å². The van der Waals surface area contributed by atoms with Gasteiger partial charge in [-0.25, -0.2) is 0 Å². The molecule has 4 rings (SSSR count). The summed E-state index contributed by atoms with van der Waals surface area (Å²) in [5.41, 5.74) is 2.64. The molecule has 0 radical (unpaired) electrons. The van der Waals surface area contributed by atoms with Gasteiger partial charge in [-0.2, -0.15) is 0 Å². The number of allylic oxidation sites excluding steroid dienone is 2. The van der Waals surface area contributed by atoms with Crippen LogP contribution in [0.3, 0.4) is 0 Å². The van der Waals surface area contributed by atoms with Gasteiger partial charge in [0.2, 0.25) is 5.91 Å². The zero-order valence-corrected chi connectivity index (χ0v) is 17.0. The number of carbonyl (C=O) groups is 1. The molecule has 0 fully saturated rings. The third-order valence-electron chi connectivity index (χ3n) is 5.45. The second-order valence-electron chi connectivity index (χ2n) is 7.02. The fourth-order valence-electron chi connectivity index (χ4n) is 4.18. The molecule has 0 bridgehead atoms. The van der Waals surface area contributed by atoms with Crippen LogP contribution >= 0.6 is 22.7 Å². The van der Waals surface area contributed by atoms with E-state index in [4.69, 9.17) is 0 Å². The number of likely N-dealkylation sites (N-methyl/N-ethyl adjacent to an activating group) is 1. The minimum atomic E-state index is 0.230. The van der Waals surface area contributed by atoms with E-state index in [0.717, 1.165) is 32.4 Å². The van der Waals surface area contributed by atoms with Crippen molar-refractivity contribution in [2.24, 2.45) is 0 Å². The Kier molecular flexibility index (Phi) is 5.57. The van der Waals surface area contributed by atoms with Crippen LogP contribution in [0.5, 0.6) is 0 Å². The lowest BCUT2D eigenvalue weighted by Gasteiger charge is -2.36. The molecule has 3 heterocycles. The van der Waals surface area contributed by atoms with Gasteiger partial charge in [0.15, 0.2) is 0 Å². The Morgan fingerprint density at radius 2 is 2.15 bits per heavy atom. The third-order valence-corrected chi connectivity index (χ3v) is 7.37. The molecule has 5 heteroatoms. The highest BCUT2D eigenvalue weighted by Crippen LogP contribution is 2.39. The summed E-state index contributed by atoms with van der Waals surface area (Å²) in [6.45, 7) is 4.32. The first-order valence-electron chi connectivity index (χ1n) is 9.61. The minimum absolute atomic E-state index is 0.230. The molecule has 2 aliphatic rings. The maximum Gasteiger partial charge on any atom is 0.240 e. The molecule has 1 aliphatic carbocycles. The van der Waals surface area contributed by atoms with Crippen molar-refractivity contribution in [1.29, 1.82) is 0 Å². The summed E-state index contributed by atoms with van der Waals surface area (Å²) < 4.78 is 0. The van der Waals surface area contributed by atoms with E-state index < -0.39 is 0 Å². The Hall–Kier alpha value is -1.43. The summed E-state index contributed by atoms with van der Waals surface area (Å²) >= 11 is 3.65. The first-order valence-corrected chi connectivity index (χ1v) is 11.4. The zero-order chi connectivity index (χ0) is 17.9. The quantitative estimate of drug-likeness (QED) is 0.717. The van der Waals surface area contributed by atoms with Crippen LogP contribution in [-0.4, -0.2) is 35.3 Å². The lowest BCUT2D eigenvalue weighted by Crippen LogP contribution is -2.44. The summed E-state index contributed by atoms with van der Waals surface area (Å²) in [6, 6.07) is 6.81. The first-order chi connectivity index (χ1) is 12.8. The van der Waals surface area contributed by atoms with Gasteiger partial charge in [0, 0.05) is 28.5 Å². The molecular weight excluding hydrogens is 360 g/mol. The topological polar surface area (TPSA) is 23.6 Å². The van der Waals surface area contributed by atoms with Crippen molar-refractivity contribution in [1.82, 2.24) is 9.80 Å². The van der Waals surface area contributed by atoms with Gasteiger partial charge in [-0.15, -0.1) is 22.7 Å². The van der Waals surface area contributed by atoms with Crippen molar-refractivity contribution >= 4 is 28.6 Å². The van der Waals surface area contributed by atoms with Gasteiger partial charge in [-0.3, -0.25) is 9.69 Å². The van der Waals surface area contributed by atoms with Crippen molar-refractivity contribution in [3.05, 3.63) is 56.1 Å². The molecule has 1 unspecified atom stereocenters. The van der Waals surface area contributed by atoms with Crippen LogP contribution in [0.15, 0.2) is 40.7 Å². The van der Waals surface area contributed by atoms with Crippen LogP contribution in [0.2, 0.25) is 0 Å². The Morgan fingerprint density at radius 3 is 2.88 bits per heavy atom. The molecule has 0 saturated carbocycles. The van der Waals surface area contributed by atoms with Gasteiger partial charge < -0.3 is 4.90 Å². The number of rotatable bonds is 5. The molecule has 138 valence electrons. The van der Waals surface area contributed by atoms with Crippen molar-refractivity contribution in [2.75, 3.05) is 19.6 Å². The average molecular weight is 387 g/mol. The van der Waals surface area contributed by atoms with Gasteiger partial charge in [-0.05, 0) is 67.5 Å². The highest BCUT2D eigenvalue weighted by molar-refractivity contribution is 7.10. The fraction of sp³-hybridized carbons (Fsp3) is 0.476. The summed E-state index contributed by atoms with van der Waals surface area (Å²) in [7, 11) is 0. The van der Waals surface area contributed by atoms with E-state index in [9.17, 15) is 4.79 Å². The maximum absolute atomic E-state index is 13.2. The highest BCUT2D eigenvalue weighted by atomic mass is 32.1. The van der Waals surface area contributed by atoms with Crippen molar-refractivity contribution in [3.63, 3.8) is 0 Å².